The van der Waals surface area contributed by atoms with Gasteiger partial charge in [0, 0.05) is 18.6 Å². The number of nitrogens with one attached hydrogen (secondary N) is 3. The fourth-order valence-corrected chi connectivity index (χ4v) is 2.95. The molecule has 0 heterocycles. The normalized spacial score (nSPS) is 14.2. The third-order valence-electron chi connectivity index (χ3n) is 4.63. The highest BCUT2D eigenvalue weighted by molar-refractivity contribution is 7.80. The zero-order valence-corrected chi connectivity index (χ0v) is 18.9. The standard InChI is InChI=1S/C20H28N4O9S/c21-12(5-6-16(27)28)17(29)24-15(9-34)19(31)23-14(8-25)18(30)22-13(20(32)33)7-10-1-3-11(26)4-2-10/h1-4,12-15,25-26,34H,5-9,21H2,(H,22,30)(H,23,31)(H,24,29)(H,27,28)(H,32,33). The van der Waals surface area contributed by atoms with E-state index in [4.69, 9.17) is 10.8 Å². The van der Waals surface area contributed by atoms with Crippen molar-refractivity contribution in [1.82, 2.24) is 16.0 Å². The van der Waals surface area contributed by atoms with Crippen molar-refractivity contribution in [2.24, 2.45) is 5.73 Å². The lowest BCUT2D eigenvalue weighted by Crippen LogP contribution is -2.58. The first-order valence-electron chi connectivity index (χ1n) is 10.1. The maximum absolute atomic E-state index is 12.5. The second kappa shape index (κ2) is 14.0. The number of aliphatic hydroxyl groups is 1. The van der Waals surface area contributed by atoms with E-state index in [1.165, 1.54) is 24.3 Å². The molecule has 34 heavy (non-hydrogen) atoms. The molecule has 0 fully saturated rings. The molecule has 9 N–H and O–H groups in total. The number of aromatic hydroxyl groups is 1. The van der Waals surface area contributed by atoms with Gasteiger partial charge in [-0.3, -0.25) is 19.2 Å². The molecule has 1 aromatic carbocycles. The number of phenolic OH excluding ortho intramolecular Hbond substituents is 1. The quantitative estimate of drug-likeness (QED) is 0.123. The molecule has 0 spiro atoms. The van der Waals surface area contributed by atoms with E-state index in [2.05, 4.69) is 28.6 Å². The van der Waals surface area contributed by atoms with E-state index in [1.54, 1.807) is 0 Å². The molecule has 4 unspecified atom stereocenters. The van der Waals surface area contributed by atoms with Gasteiger partial charge >= 0.3 is 11.9 Å². The monoisotopic (exact) mass is 500 g/mol. The molecule has 1 rings (SSSR count). The topological polar surface area (TPSA) is 228 Å². The molecule has 14 heteroatoms. The van der Waals surface area contributed by atoms with Crippen molar-refractivity contribution in [2.75, 3.05) is 12.4 Å². The predicted octanol–water partition coefficient (Wildman–Crippen LogP) is -2.41. The minimum atomic E-state index is -1.53. The average Bonchev–Trinajstić information content (AvgIpc) is 2.79. The number of rotatable bonds is 14. The Hall–Kier alpha value is -3.36. The Kier molecular flexibility index (Phi) is 11.8. The van der Waals surface area contributed by atoms with Crippen LogP contribution in [0.3, 0.4) is 0 Å². The second-order valence-electron chi connectivity index (χ2n) is 7.30. The SMILES string of the molecule is NC(CCC(=O)O)C(=O)NC(CS)C(=O)NC(CO)C(=O)NC(Cc1ccc(O)cc1)C(=O)O. The van der Waals surface area contributed by atoms with E-state index in [9.17, 15) is 39.3 Å². The Bertz CT molecular complexity index is 881. The van der Waals surface area contributed by atoms with Gasteiger partial charge < -0.3 is 42.1 Å². The van der Waals surface area contributed by atoms with Gasteiger partial charge in [-0.1, -0.05) is 12.1 Å². The molecule has 0 aromatic heterocycles. The van der Waals surface area contributed by atoms with Gasteiger partial charge in [0.1, 0.15) is 23.9 Å². The minimum absolute atomic E-state index is 0.0172. The van der Waals surface area contributed by atoms with Gasteiger partial charge in [0.15, 0.2) is 0 Å². The van der Waals surface area contributed by atoms with Crippen molar-refractivity contribution < 1.29 is 44.4 Å². The number of aliphatic hydroxyl groups excluding tert-OH is 1. The van der Waals surface area contributed by atoms with Crippen LogP contribution in [0, 0.1) is 0 Å². The summed E-state index contributed by atoms with van der Waals surface area (Å²) in [5.41, 5.74) is 6.10. The molecule has 4 atom stereocenters. The number of carboxylic acids is 2. The summed E-state index contributed by atoms with van der Waals surface area (Å²) in [6, 6.07) is 0.275. The lowest BCUT2D eigenvalue weighted by molar-refractivity contribution is -0.142. The number of carbonyl (C=O) groups excluding carboxylic acids is 3. The molecule has 0 radical (unpaired) electrons. The van der Waals surface area contributed by atoms with Crippen LogP contribution in [0.5, 0.6) is 5.75 Å². The fraction of sp³-hybridized carbons (Fsp3) is 0.450. The number of benzene rings is 1. The van der Waals surface area contributed by atoms with E-state index in [0.717, 1.165) is 0 Å². The van der Waals surface area contributed by atoms with Crippen LogP contribution in [0.2, 0.25) is 0 Å². The van der Waals surface area contributed by atoms with Crippen molar-refractivity contribution in [3.8, 4) is 5.75 Å². The second-order valence-corrected chi connectivity index (χ2v) is 7.66. The third-order valence-corrected chi connectivity index (χ3v) is 4.99. The summed E-state index contributed by atoms with van der Waals surface area (Å²) in [5, 5.41) is 43.6. The average molecular weight is 501 g/mol. The van der Waals surface area contributed by atoms with E-state index >= 15 is 0 Å². The lowest BCUT2D eigenvalue weighted by Gasteiger charge is -2.23. The summed E-state index contributed by atoms with van der Waals surface area (Å²) >= 11 is 3.96. The molecule has 0 bridgehead atoms. The first-order chi connectivity index (χ1) is 16.0. The smallest absolute Gasteiger partial charge is 0.326 e. The van der Waals surface area contributed by atoms with Crippen LogP contribution in [0.1, 0.15) is 18.4 Å². The van der Waals surface area contributed by atoms with Crippen LogP contribution in [0.15, 0.2) is 24.3 Å². The first-order valence-corrected chi connectivity index (χ1v) is 10.7. The van der Waals surface area contributed by atoms with Crippen molar-refractivity contribution in [1.29, 1.82) is 0 Å². The number of thiol groups is 1. The number of phenols is 1. The Morgan fingerprint density at radius 1 is 0.882 bits per heavy atom. The molecule has 1 aromatic rings. The highest BCUT2D eigenvalue weighted by atomic mass is 32.1. The minimum Gasteiger partial charge on any atom is -0.508 e. The van der Waals surface area contributed by atoms with E-state index in [0.29, 0.717) is 5.56 Å². The molecular formula is C20H28N4O9S. The highest BCUT2D eigenvalue weighted by Gasteiger charge is 2.29. The molecule has 3 amide bonds. The molecule has 13 nitrogen and oxygen atoms in total. The summed E-state index contributed by atoms with van der Waals surface area (Å²) in [6.07, 6.45) is -0.646. The van der Waals surface area contributed by atoms with Crippen molar-refractivity contribution in [3.63, 3.8) is 0 Å². The molecule has 0 saturated carbocycles. The van der Waals surface area contributed by atoms with E-state index < -0.39 is 60.4 Å². The maximum Gasteiger partial charge on any atom is 0.326 e. The number of aliphatic carboxylic acids is 2. The van der Waals surface area contributed by atoms with E-state index in [-0.39, 0.29) is 30.8 Å². The zero-order valence-electron chi connectivity index (χ0n) is 18.0. The van der Waals surface area contributed by atoms with Crippen LogP contribution in [-0.4, -0.2) is 86.6 Å². The van der Waals surface area contributed by atoms with Crippen LogP contribution in [0.4, 0.5) is 0 Å². The maximum atomic E-state index is 12.5. The van der Waals surface area contributed by atoms with Gasteiger partial charge in [-0.2, -0.15) is 12.6 Å². The molecule has 0 saturated heterocycles. The summed E-state index contributed by atoms with van der Waals surface area (Å²) in [7, 11) is 0. The first kappa shape index (κ1) is 28.7. The van der Waals surface area contributed by atoms with E-state index in [1.807, 2.05) is 0 Å². The van der Waals surface area contributed by atoms with Crippen LogP contribution in [0.25, 0.3) is 0 Å². The fourth-order valence-electron chi connectivity index (χ4n) is 2.69. The van der Waals surface area contributed by atoms with Gasteiger partial charge in [0.05, 0.1) is 12.6 Å². The van der Waals surface area contributed by atoms with Crippen LogP contribution >= 0.6 is 12.6 Å². The van der Waals surface area contributed by atoms with Crippen molar-refractivity contribution >= 4 is 42.3 Å². The Balaban J connectivity index is 2.75. The summed E-state index contributed by atoms with van der Waals surface area (Å²) < 4.78 is 0. The van der Waals surface area contributed by atoms with Gasteiger partial charge in [0.25, 0.3) is 0 Å². The number of carbonyl (C=O) groups is 5. The van der Waals surface area contributed by atoms with Crippen molar-refractivity contribution in [2.45, 2.75) is 43.4 Å². The lowest BCUT2D eigenvalue weighted by atomic mass is 10.1. The van der Waals surface area contributed by atoms with Gasteiger partial charge in [-0.05, 0) is 24.1 Å². The Labute approximate surface area is 200 Å². The number of amides is 3. The largest absolute Gasteiger partial charge is 0.508 e. The van der Waals surface area contributed by atoms with Gasteiger partial charge in [-0.25, -0.2) is 4.79 Å². The predicted molar refractivity (Wildman–Crippen MR) is 121 cm³/mol. The highest BCUT2D eigenvalue weighted by Crippen LogP contribution is 2.11. The third kappa shape index (κ3) is 9.64. The Morgan fingerprint density at radius 2 is 1.41 bits per heavy atom. The molecule has 0 aliphatic carbocycles. The van der Waals surface area contributed by atoms with Gasteiger partial charge in [0.2, 0.25) is 17.7 Å². The molecular weight excluding hydrogens is 472 g/mol. The van der Waals surface area contributed by atoms with Crippen LogP contribution < -0.4 is 21.7 Å². The zero-order chi connectivity index (χ0) is 25.8. The molecule has 0 aliphatic heterocycles. The number of carboxylic acid groups (broad SMARTS) is 2. The summed E-state index contributed by atoms with van der Waals surface area (Å²) in [5.74, 6) is -5.41. The summed E-state index contributed by atoms with van der Waals surface area (Å²) in [4.78, 5) is 59.2. The number of hydrogen-bond donors (Lipinski definition) is 9. The van der Waals surface area contributed by atoms with Crippen molar-refractivity contribution in [3.05, 3.63) is 29.8 Å². The van der Waals surface area contributed by atoms with Crippen LogP contribution in [-0.2, 0) is 30.4 Å². The molecule has 0 aliphatic rings. The number of nitrogens with two attached hydrogens (primary N) is 1. The Morgan fingerprint density at radius 3 is 1.91 bits per heavy atom. The molecule has 188 valence electrons. The van der Waals surface area contributed by atoms with Gasteiger partial charge in [-0.15, -0.1) is 0 Å². The number of hydrogen-bond acceptors (Lipinski definition) is 9. The summed E-state index contributed by atoms with van der Waals surface area (Å²) in [6.45, 7) is -0.867.